The molecular formula is C19H19NOS. The monoisotopic (exact) mass is 309 g/mol. The van der Waals surface area contributed by atoms with Crippen molar-refractivity contribution in [2.45, 2.75) is 42.6 Å². The van der Waals surface area contributed by atoms with E-state index in [1.54, 1.807) is 0 Å². The first-order valence-electron chi connectivity index (χ1n) is 7.72. The van der Waals surface area contributed by atoms with E-state index < -0.39 is 0 Å². The molecule has 2 aromatic carbocycles. The largest absolute Gasteiger partial charge is 0.460 e. The fraction of sp³-hybridized carbons (Fsp3) is 0.263. The van der Waals surface area contributed by atoms with Crippen molar-refractivity contribution in [3.63, 3.8) is 0 Å². The summed E-state index contributed by atoms with van der Waals surface area (Å²) in [5.74, 6) is 1.16. The quantitative estimate of drug-likeness (QED) is 0.727. The van der Waals surface area contributed by atoms with E-state index >= 15 is 0 Å². The van der Waals surface area contributed by atoms with Crippen LogP contribution < -0.4 is 5.32 Å². The van der Waals surface area contributed by atoms with Crippen molar-refractivity contribution in [3.8, 4) is 0 Å². The molecule has 1 aliphatic rings. The smallest absolute Gasteiger partial charge is 0.137 e. The molecule has 1 aromatic heterocycles. The minimum absolute atomic E-state index is 0.492. The number of benzene rings is 2. The molecule has 0 bridgehead atoms. The molecule has 3 aromatic rings. The molecule has 0 saturated heterocycles. The van der Waals surface area contributed by atoms with Crippen molar-refractivity contribution in [2.75, 3.05) is 0 Å². The van der Waals surface area contributed by atoms with Gasteiger partial charge in [-0.3, -0.25) is 0 Å². The minimum Gasteiger partial charge on any atom is -0.460 e. The van der Waals surface area contributed by atoms with Crippen molar-refractivity contribution in [1.29, 1.82) is 0 Å². The molecule has 0 fully saturated rings. The highest BCUT2D eigenvalue weighted by Gasteiger charge is 2.22. The molecule has 0 radical (unpaired) electrons. The Morgan fingerprint density at radius 1 is 1.14 bits per heavy atom. The molecule has 112 valence electrons. The summed E-state index contributed by atoms with van der Waals surface area (Å²) < 4.78 is 6.15. The van der Waals surface area contributed by atoms with Crippen LogP contribution in [0.15, 0.2) is 56.7 Å². The third-order valence-electron chi connectivity index (χ3n) is 4.23. The van der Waals surface area contributed by atoms with Crippen LogP contribution in [-0.4, -0.2) is 6.04 Å². The van der Waals surface area contributed by atoms with Gasteiger partial charge in [0, 0.05) is 39.7 Å². The zero-order valence-corrected chi connectivity index (χ0v) is 13.7. The zero-order chi connectivity index (χ0) is 15.1. The fourth-order valence-electron chi connectivity index (χ4n) is 3.10. The molecular weight excluding hydrogens is 290 g/mol. The number of nitrogens with one attached hydrogen (secondary N) is 1. The van der Waals surface area contributed by atoms with E-state index in [4.69, 9.17) is 4.42 Å². The second-order valence-corrected chi connectivity index (χ2v) is 7.17. The Kier molecular flexibility index (Phi) is 3.47. The lowest BCUT2D eigenvalue weighted by molar-refractivity contribution is 0.439. The molecule has 1 unspecified atom stereocenters. The molecule has 0 saturated carbocycles. The van der Waals surface area contributed by atoms with E-state index in [1.165, 1.54) is 26.3 Å². The Hall–Kier alpha value is -1.71. The van der Waals surface area contributed by atoms with Crippen LogP contribution >= 0.6 is 11.8 Å². The van der Waals surface area contributed by atoms with Gasteiger partial charge in [-0.15, -0.1) is 0 Å². The number of aryl methyl sites for hydroxylation is 1. The standard InChI is InChI=1S/C19H19NOS/c1-12-8-15(22-14-6-4-3-5-7-14)10-16-17-11-20-13(2)9-18(17)21-19(12)16/h3-8,10,13,20H,9,11H2,1-2H3. The second kappa shape index (κ2) is 5.49. The van der Waals surface area contributed by atoms with Gasteiger partial charge < -0.3 is 9.73 Å². The van der Waals surface area contributed by atoms with Crippen LogP contribution in [0.25, 0.3) is 11.0 Å². The molecule has 1 atom stereocenters. The molecule has 1 N–H and O–H groups in total. The Labute approximate surface area is 134 Å². The van der Waals surface area contributed by atoms with Crippen molar-refractivity contribution >= 4 is 22.7 Å². The minimum atomic E-state index is 0.492. The van der Waals surface area contributed by atoms with E-state index in [-0.39, 0.29) is 0 Å². The summed E-state index contributed by atoms with van der Waals surface area (Å²) in [6.07, 6.45) is 0.977. The van der Waals surface area contributed by atoms with Gasteiger partial charge in [0.05, 0.1) is 0 Å². The predicted octanol–water partition coefficient (Wildman–Crippen LogP) is 4.93. The average molecular weight is 309 g/mol. The molecule has 3 heteroatoms. The van der Waals surface area contributed by atoms with Gasteiger partial charge in [-0.25, -0.2) is 0 Å². The first-order valence-corrected chi connectivity index (χ1v) is 8.53. The number of hydrogen-bond acceptors (Lipinski definition) is 3. The van der Waals surface area contributed by atoms with Gasteiger partial charge >= 0.3 is 0 Å². The van der Waals surface area contributed by atoms with Crippen LogP contribution in [0, 0.1) is 6.92 Å². The molecule has 1 aliphatic heterocycles. The number of rotatable bonds is 2. The molecule has 22 heavy (non-hydrogen) atoms. The van der Waals surface area contributed by atoms with Crippen LogP contribution in [0.2, 0.25) is 0 Å². The van der Waals surface area contributed by atoms with E-state index in [2.05, 4.69) is 61.6 Å². The predicted molar refractivity (Wildman–Crippen MR) is 91.5 cm³/mol. The summed E-state index contributed by atoms with van der Waals surface area (Å²) in [5, 5.41) is 4.81. The van der Waals surface area contributed by atoms with Gasteiger partial charge in [0.2, 0.25) is 0 Å². The van der Waals surface area contributed by atoms with Gasteiger partial charge in [-0.1, -0.05) is 30.0 Å². The average Bonchev–Trinajstić information content (AvgIpc) is 2.86. The lowest BCUT2D eigenvalue weighted by Crippen LogP contribution is -2.32. The first kappa shape index (κ1) is 13.9. The van der Waals surface area contributed by atoms with E-state index in [0.717, 1.165) is 24.3 Å². The maximum absolute atomic E-state index is 6.15. The topological polar surface area (TPSA) is 25.2 Å². The summed E-state index contributed by atoms with van der Waals surface area (Å²) >= 11 is 1.81. The van der Waals surface area contributed by atoms with Crippen LogP contribution in [0.1, 0.15) is 23.8 Å². The molecule has 0 aliphatic carbocycles. The maximum Gasteiger partial charge on any atom is 0.137 e. The molecule has 2 heterocycles. The second-order valence-electron chi connectivity index (χ2n) is 6.02. The molecule has 0 amide bonds. The summed E-state index contributed by atoms with van der Waals surface area (Å²) in [5.41, 5.74) is 3.61. The van der Waals surface area contributed by atoms with E-state index in [9.17, 15) is 0 Å². The third kappa shape index (κ3) is 2.44. The first-order chi connectivity index (χ1) is 10.7. The van der Waals surface area contributed by atoms with E-state index in [0.29, 0.717) is 6.04 Å². The van der Waals surface area contributed by atoms with Gasteiger partial charge in [-0.2, -0.15) is 0 Å². The zero-order valence-electron chi connectivity index (χ0n) is 12.8. The summed E-state index contributed by atoms with van der Waals surface area (Å²) in [4.78, 5) is 2.55. The highest BCUT2D eigenvalue weighted by atomic mass is 32.2. The third-order valence-corrected chi connectivity index (χ3v) is 5.21. The SMILES string of the molecule is Cc1cc(Sc2ccccc2)cc2c3c(oc12)CC(C)NC3. The normalized spacial score (nSPS) is 17.6. The van der Waals surface area contributed by atoms with Crippen molar-refractivity contribution in [2.24, 2.45) is 0 Å². The highest BCUT2D eigenvalue weighted by molar-refractivity contribution is 7.99. The molecule has 0 spiro atoms. The Morgan fingerprint density at radius 3 is 2.77 bits per heavy atom. The van der Waals surface area contributed by atoms with Crippen LogP contribution in [-0.2, 0) is 13.0 Å². The number of fused-ring (bicyclic) bond motifs is 3. The Morgan fingerprint density at radius 2 is 1.95 bits per heavy atom. The maximum atomic E-state index is 6.15. The van der Waals surface area contributed by atoms with Gasteiger partial charge in [0.15, 0.2) is 0 Å². The molecule has 2 nitrogen and oxygen atoms in total. The summed E-state index contributed by atoms with van der Waals surface area (Å²) in [6, 6.07) is 15.5. The van der Waals surface area contributed by atoms with Crippen molar-refractivity contribution < 1.29 is 4.42 Å². The molecule has 4 rings (SSSR count). The van der Waals surface area contributed by atoms with Crippen LogP contribution in [0.3, 0.4) is 0 Å². The number of hydrogen-bond donors (Lipinski definition) is 1. The summed E-state index contributed by atoms with van der Waals surface area (Å²) in [6.45, 7) is 5.26. The highest BCUT2D eigenvalue weighted by Crippen LogP contribution is 2.36. The van der Waals surface area contributed by atoms with Gasteiger partial charge in [0.1, 0.15) is 11.3 Å². The van der Waals surface area contributed by atoms with E-state index in [1.807, 2.05) is 11.8 Å². The number of furan rings is 1. The lowest BCUT2D eigenvalue weighted by atomic mass is 10.0. The van der Waals surface area contributed by atoms with Gasteiger partial charge in [0.25, 0.3) is 0 Å². The van der Waals surface area contributed by atoms with Crippen molar-refractivity contribution in [1.82, 2.24) is 5.32 Å². The fourth-order valence-corrected chi connectivity index (χ4v) is 4.08. The Balaban J connectivity index is 1.79. The van der Waals surface area contributed by atoms with Gasteiger partial charge in [-0.05, 0) is 43.7 Å². The summed E-state index contributed by atoms with van der Waals surface area (Å²) in [7, 11) is 0. The lowest BCUT2D eigenvalue weighted by Gasteiger charge is -2.18. The Bertz CT molecular complexity index is 822. The van der Waals surface area contributed by atoms with Crippen LogP contribution in [0.4, 0.5) is 0 Å². The van der Waals surface area contributed by atoms with Crippen LogP contribution in [0.5, 0.6) is 0 Å². The van der Waals surface area contributed by atoms with Crippen molar-refractivity contribution in [3.05, 3.63) is 59.4 Å².